The molecule has 1 aromatic rings. The summed E-state index contributed by atoms with van der Waals surface area (Å²) in [4.78, 5) is 0. The number of halogens is 1. The Balaban J connectivity index is 3.05. The summed E-state index contributed by atoms with van der Waals surface area (Å²) in [5.74, 6) is 0. The van der Waals surface area contributed by atoms with E-state index in [-0.39, 0.29) is 6.04 Å². The Morgan fingerprint density at radius 1 is 1.43 bits per heavy atom. The molecule has 0 fully saturated rings. The van der Waals surface area contributed by atoms with Crippen LogP contribution in [-0.4, -0.2) is 0 Å². The minimum Gasteiger partial charge on any atom is -0.324 e. The molecule has 1 nitrogen and oxygen atoms in total. The van der Waals surface area contributed by atoms with Crippen LogP contribution in [0.5, 0.6) is 0 Å². The number of rotatable bonds is 3. The van der Waals surface area contributed by atoms with Gasteiger partial charge in [0, 0.05) is 9.61 Å². The third-order valence-corrected chi connectivity index (χ3v) is 4.01. The Bertz CT molecular complexity index is 321. The molecule has 1 aromatic carbocycles. The number of hydrogen-bond acceptors (Lipinski definition) is 1. The Labute approximate surface area is 99.5 Å². The average molecular weight is 301 g/mol. The normalized spacial score (nSPS) is 12.6. The molecule has 2 heteroatoms. The van der Waals surface area contributed by atoms with E-state index >= 15 is 0 Å². The predicted octanol–water partition coefficient (Wildman–Crippen LogP) is 3.48. The molecule has 1 atom stereocenters. The highest BCUT2D eigenvalue weighted by atomic mass is 127. The van der Waals surface area contributed by atoms with Gasteiger partial charge < -0.3 is 5.73 Å². The Morgan fingerprint density at radius 2 is 1.93 bits per heavy atom. The van der Waals surface area contributed by atoms with Gasteiger partial charge in [0.25, 0.3) is 0 Å². The lowest BCUT2D eigenvalue weighted by Gasteiger charge is -2.13. The molecule has 76 valence electrons. The quantitative estimate of drug-likeness (QED) is 0.671. The molecule has 0 saturated heterocycles. The topological polar surface area (TPSA) is 26.0 Å². The number of benzene rings is 1. The molecule has 0 amide bonds. The van der Waals surface area contributed by atoms with Crippen LogP contribution in [0.3, 0.4) is 0 Å². The molecule has 0 aromatic heterocycles. The number of aryl methyl sites for hydroxylation is 2. The first-order valence-electron chi connectivity index (χ1n) is 4.69. The van der Waals surface area contributed by atoms with Gasteiger partial charge >= 0.3 is 0 Å². The fourth-order valence-electron chi connectivity index (χ4n) is 1.51. The van der Waals surface area contributed by atoms with Crippen molar-refractivity contribution in [3.8, 4) is 0 Å². The fraction of sp³-hybridized carbons (Fsp3) is 0.333. The van der Waals surface area contributed by atoms with E-state index in [1.807, 2.05) is 6.08 Å². The van der Waals surface area contributed by atoms with Gasteiger partial charge in [0.2, 0.25) is 0 Å². The zero-order chi connectivity index (χ0) is 10.7. The molecular weight excluding hydrogens is 285 g/mol. The Morgan fingerprint density at radius 3 is 2.36 bits per heavy atom. The van der Waals surface area contributed by atoms with Crippen molar-refractivity contribution in [1.82, 2.24) is 0 Å². The smallest absolute Gasteiger partial charge is 0.0329 e. The maximum Gasteiger partial charge on any atom is 0.0329 e. The highest BCUT2D eigenvalue weighted by Crippen LogP contribution is 2.23. The van der Waals surface area contributed by atoms with Crippen molar-refractivity contribution in [2.75, 3.05) is 0 Å². The lowest BCUT2D eigenvalue weighted by Crippen LogP contribution is -2.10. The summed E-state index contributed by atoms with van der Waals surface area (Å²) in [5, 5.41) is 0. The fourth-order valence-corrected chi connectivity index (χ4v) is 1.82. The predicted molar refractivity (Wildman–Crippen MR) is 70.4 cm³/mol. The summed E-state index contributed by atoms with van der Waals surface area (Å²) in [6.45, 7) is 7.95. The second-order valence-corrected chi connectivity index (χ2v) is 4.68. The van der Waals surface area contributed by atoms with E-state index in [1.54, 1.807) is 0 Å². The van der Waals surface area contributed by atoms with Gasteiger partial charge in [0.05, 0.1) is 0 Å². The van der Waals surface area contributed by atoms with Crippen molar-refractivity contribution in [3.05, 3.63) is 45.0 Å². The van der Waals surface area contributed by atoms with E-state index < -0.39 is 0 Å². The van der Waals surface area contributed by atoms with E-state index in [0.717, 1.165) is 6.42 Å². The molecule has 0 aliphatic heterocycles. The van der Waals surface area contributed by atoms with Crippen LogP contribution in [0.1, 0.15) is 29.2 Å². The van der Waals surface area contributed by atoms with Gasteiger partial charge in [0.15, 0.2) is 0 Å². The lowest BCUT2D eigenvalue weighted by atomic mass is 10.00. The van der Waals surface area contributed by atoms with Crippen LogP contribution in [0.4, 0.5) is 0 Å². The largest absolute Gasteiger partial charge is 0.324 e. The van der Waals surface area contributed by atoms with Crippen LogP contribution in [0.15, 0.2) is 24.8 Å². The minimum absolute atomic E-state index is 0.0851. The number of hydrogen-bond donors (Lipinski definition) is 1. The highest BCUT2D eigenvalue weighted by molar-refractivity contribution is 14.1. The monoisotopic (exact) mass is 301 g/mol. The Hall–Kier alpha value is -0.350. The van der Waals surface area contributed by atoms with Crippen LogP contribution < -0.4 is 5.73 Å². The maximum atomic E-state index is 6.02. The van der Waals surface area contributed by atoms with Crippen molar-refractivity contribution in [3.63, 3.8) is 0 Å². The second kappa shape index (κ2) is 4.94. The van der Waals surface area contributed by atoms with E-state index in [1.165, 1.54) is 20.3 Å². The van der Waals surface area contributed by atoms with Crippen LogP contribution in [0, 0.1) is 17.4 Å². The summed E-state index contributed by atoms with van der Waals surface area (Å²) < 4.78 is 1.33. The molecule has 2 N–H and O–H groups in total. The molecule has 0 aliphatic rings. The van der Waals surface area contributed by atoms with Crippen molar-refractivity contribution in [2.24, 2.45) is 5.73 Å². The molecule has 0 heterocycles. The first-order valence-corrected chi connectivity index (χ1v) is 5.77. The van der Waals surface area contributed by atoms with Gasteiger partial charge in [-0.2, -0.15) is 0 Å². The zero-order valence-corrected chi connectivity index (χ0v) is 10.8. The van der Waals surface area contributed by atoms with Crippen molar-refractivity contribution < 1.29 is 0 Å². The molecule has 0 saturated carbocycles. The molecule has 1 rings (SSSR count). The molecule has 14 heavy (non-hydrogen) atoms. The summed E-state index contributed by atoms with van der Waals surface area (Å²) in [7, 11) is 0. The van der Waals surface area contributed by atoms with E-state index in [2.05, 4.69) is 55.2 Å². The molecule has 0 unspecified atom stereocenters. The van der Waals surface area contributed by atoms with Crippen molar-refractivity contribution in [1.29, 1.82) is 0 Å². The number of nitrogens with two attached hydrogens (primary N) is 1. The first kappa shape index (κ1) is 11.7. The summed E-state index contributed by atoms with van der Waals surface area (Å²) in [5.41, 5.74) is 9.84. The van der Waals surface area contributed by atoms with Gasteiger partial charge in [-0.3, -0.25) is 0 Å². The first-order chi connectivity index (χ1) is 6.56. The van der Waals surface area contributed by atoms with E-state index in [4.69, 9.17) is 5.73 Å². The third kappa shape index (κ3) is 2.58. The summed E-state index contributed by atoms with van der Waals surface area (Å²) >= 11 is 2.37. The Kier molecular flexibility index (Phi) is 4.13. The summed E-state index contributed by atoms with van der Waals surface area (Å²) in [6, 6.07) is 4.42. The SMILES string of the molecule is C=CC[C@@H](N)c1cc(C)c(I)c(C)c1. The summed E-state index contributed by atoms with van der Waals surface area (Å²) in [6.07, 6.45) is 2.70. The highest BCUT2D eigenvalue weighted by Gasteiger charge is 2.07. The standard InChI is InChI=1S/C12H16IN/c1-4-5-11(14)10-6-8(2)12(13)9(3)7-10/h4,6-7,11H,1,5,14H2,2-3H3/t11-/m1/s1. The zero-order valence-electron chi connectivity index (χ0n) is 8.68. The van der Waals surface area contributed by atoms with Crippen molar-refractivity contribution >= 4 is 22.6 Å². The van der Waals surface area contributed by atoms with Crippen LogP contribution in [-0.2, 0) is 0 Å². The van der Waals surface area contributed by atoms with Gasteiger partial charge in [-0.05, 0) is 59.5 Å². The van der Waals surface area contributed by atoms with Gasteiger partial charge in [0.1, 0.15) is 0 Å². The lowest BCUT2D eigenvalue weighted by molar-refractivity contribution is 0.739. The van der Waals surface area contributed by atoms with Gasteiger partial charge in [-0.1, -0.05) is 18.2 Å². The van der Waals surface area contributed by atoms with Crippen LogP contribution >= 0.6 is 22.6 Å². The minimum atomic E-state index is 0.0851. The average Bonchev–Trinajstić information content (AvgIpc) is 2.13. The van der Waals surface area contributed by atoms with Crippen LogP contribution in [0.25, 0.3) is 0 Å². The second-order valence-electron chi connectivity index (χ2n) is 3.60. The van der Waals surface area contributed by atoms with Crippen LogP contribution in [0.2, 0.25) is 0 Å². The molecular formula is C12H16IN. The molecule has 0 bridgehead atoms. The van der Waals surface area contributed by atoms with E-state index in [0.29, 0.717) is 0 Å². The van der Waals surface area contributed by atoms with Crippen molar-refractivity contribution in [2.45, 2.75) is 26.3 Å². The third-order valence-electron chi connectivity index (χ3n) is 2.31. The van der Waals surface area contributed by atoms with Gasteiger partial charge in [-0.25, -0.2) is 0 Å². The van der Waals surface area contributed by atoms with Gasteiger partial charge in [-0.15, -0.1) is 6.58 Å². The van der Waals surface area contributed by atoms with E-state index in [9.17, 15) is 0 Å². The molecule has 0 aliphatic carbocycles. The molecule has 0 spiro atoms. The molecule has 0 radical (unpaired) electrons. The maximum absolute atomic E-state index is 6.02.